The van der Waals surface area contributed by atoms with Gasteiger partial charge in [-0.2, -0.15) is 0 Å². The molecule has 1 saturated heterocycles. The third kappa shape index (κ3) is 3.33. The molecule has 0 saturated carbocycles. The van der Waals surface area contributed by atoms with Crippen LogP contribution in [0, 0.1) is 0 Å². The predicted octanol–water partition coefficient (Wildman–Crippen LogP) is 5.64. The summed E-state index contributed by atoms with van der Waals surface area (Å²) in [4.78, 5) is 0.820. The van der Waals surface area contributed by atoms with Crippen LogP contribution in [0.5, 0.6) is 5.75 Å². The Hall–Kier alpha value is -1.91. The van der Waals surface area contributed by atoms with E-state index in [0.717, 1.165) is 27.4 Å². The number of hydrogen-bond donors (Lipinski definition) is 0. The molecular formula is C21H18ClN2OPS2. The number of benzene rings is 3. The Morgan fingerprint density at radius 2 is 1.54 bits per heavy atom. The summed E-state index contributed by atoms with van der Waals surface area (Å²) in [5.74, 6) is 0.802. The number of methoxy groups -OCH3 is 1. The monoisotopic (exact) mass is 444 g/mol. The van der Waals surface area contributed by atoms with Crippen LogP contribution >= 0.6 is 30.2 Å². The highest BCUT2D eigenvalue weighted by atomic mass is 35.5. The van der Waals surface area contributed by atoms with Crippen molar-refractivity contribution in [2.45, 2.75) is 0 Å². The van der Waals surface area contributed by atoms with Crippen LogP contribution in [0.2, 0.25) is 5.02 Å². The van der Waals surface area contributed by atoms with E-state index in [1.165, 1.54) is 0 Å². The zero-order valence-electron chi connectivity index (χ0n) is 15.2. The molecule has 0 aromatic heterocycles. The minimum Gasteiger partial charge on any atom is -0.497 e. The molecule has 1 heterocycles. The summed E-state index contributed by atoms with van der Waals surface area (Å²) < 4.78 is 9.74. The molecule has 4 rings (SSSR count). The Morgan fingerprint density at radius 3 is 2.14 bits per heavy atom. The number of halogens is 1. The van der Waals surface area contributed by atoms with Crippen molar-refractivity contribution in [2.24, 2.45) is 0 Å². The number of hydrogen-bond acceptors (Lipinski definition) is 3. The SMILES string of the molecule is COc1ccc(P2(=S)N(c3ccc(Cl)cc3)CC(=S)N2c2ccccc2)cc1. The van der Waals surface area contributed by atoms with Crippen LogP contribution in [0.1, 0.15) is 0 Å². The first-order valence-corrected chi connectivity index (χ1v) is 12.2. The lowest BCUT2D eigenvalue weighted by Gasteiger charge is -2.36. The van der Waals surface area contributed by atoms with Crippen molar-refractivity contribution in [3.8, 4) is 5.75 Å². The van der Waals surface area contributed by atoms with Gasteiger partial charge in [-0.15, -0.1) is 0 Å². The second-order valence-corrected chi connectivity index (χ2v) is 11.2. The first-order valence-electron chi connectivity index (χ1n) is 8.71. The number of anilines is 2. The van der Waals surface area contributed by atoms with Crippen LogP contribution in [0.3, 0.4) is 0 Å². The van der Waals surface area contributed by atoms with Crippen molar-refractivity contribution < 1.29 is 4.74 Å². The smallest absolute Gasteiger partial charge is 0.158 e. The molecule has 0 amide bonds. The summed E-state index contributed by atoms with van der Waals surface area (Å²) in [6.07, 6.45) is -2.43. The molecule has 3 aromatic carbocycles. The number of para-hydroxylation sites is 1. The van der Waals surface area contributed by atoms with Gasteiger partial charge in [-0.3, -0.25) is 4.67 Å². The van der Waals surface area contributed by atoms with Crippen LogP contribution < -0.4 is 19.4 Å². The molecule has 142 valence electrons. The zero-order chi connectivity index (χ0) is 19.7. The maximum atomic E-state index is 6.43. The largest absolute Gasteiger partial charge is 0.497 e. The Kier molecular flexibility index (Phi) is 5.44. The van der Waals surface area contributed by atoms with Crippen LogP contribution in [-0.4, -0.2) is 18.6 Å². The number of ether oxygens (including phenoxy) is 1. The van der Waals surface area contributed by atoms with Crippen LogP contribution in [0.4, 0.5) is 11.4 Å². The lowest BCUT2D eigenvalue weighted by Crippen LogP contribution is -2.27. The summed E-state index contributed by atoms with van der Waals surface area (Å²) in [5, 5.41) is 1.75. The van der Waals surface area contributed by atoms with Crippen molar-refractivity contribution in [3.63, 3.8) is 0 Å². The highest BCUT2D eigenvalue weighted by Gasteiger charge is 2.43. The molecule has 1 unspecified atom stereocenters. The Bertz CT molecular complexity index is 1040. The van der Waals surface area contributed by atoms with E-state index in [-0.39, 0.29) is 0 Å². The Balaban J connectivity index is 1.90. The second kappa shape index (κ2) is 7.84. The Labute approximate surface area is 180 Å². The van der Waals surface area contributed by atoms with E-state index < -0.39 is 6.34 Å². The average molecular weight is 445 g/mol. The molecule has 0 spiro atoms. The van der Waals surface area contributed by atoms with Crippen LogP contribution in [-0.2, 0) is 11.8 Å². The molecule has 1 aliphatic rings. The molecule has 1 aliphatic heterocycles. The first kappa shape index (κ1) is 19.4. The van der Waals surface area contributed by atoms with Gasteiger partial charge in [0, 0.05) is 21.7 Å². The summed E-state index contributed by atoms with van der Waals surface area (Å²) >= 11 is 18.4. The minimum atomic E-state index is -2.43. The fraction of sp³-hybridized carbons (Fsp3) is 0.0952. The van der Waals surface area contributed by atoms with E-state index >= 15 is 0 Å². The average Bonchev–Trinajstić information content (AvgIpc) is 3.00. The summed E-state index contributed by atoms with van der Waals surface area (Å²) in [6.45, 7) is 0.592. The van der Waals surface area contributed by atoms with Gasteiger partial charge in [-0.25, -0.2) is 0 Å². The molecule has 7 heteroatoms. The van der Waals surface area contributed by atoms with E-state index in [1.54, 1.807) is 7.11 Å². The van der Waals surface area contributed by atoms with Gasteiger partial charge in [0.05, 0.1) is 13.7 Å². The number of rotatable bonds is 4. The molecule has 3 aromatic rings. The van der Waals surface area contributed by atoms with Gasteiger partial charge in [0.15, 0.2) is 6.34 Å². The summed E-state index contributed by atoms with van der Waals surface area (Å²) in [7, 11) is 1.66. The van der Waals surface area contributed by atoms with Crippen molar-refractivity contribution in [1.29, 1.82) is 0 Å². The maximum Gasteiger partial charge on any atom is 0.158 e. The molecule has 0 bridgehead atoms. The molecule has 0 N–H and O–H groups in total. The van der Waals surface area contributed by atoms with E-state index in [1.807, 2.05) is 66.7 Å². The van der Waals surface area contributed by atoms with Crippen molar-refractivity contribution >= 4 is 63.6 Å². The number of nitrogens with zero attached hydrogens (tertiary/aromatic N) is 2. The molecule has 28 heavy (non-hydrogen) atoms. The van der Waals surface area contributed by atoms with E-state index in [0.29, 0.717) is 11.6 Å². The third-order valence-electron chi connectivity index (χ3n) is 4.65. The topological polar surface area (TPSA) is 15.7 Å². The van der Waals surface area contributed by atoms with Gasteiger partial charge in [-0.05, 0) is 72.5 Å². The van der Waals surface area contributed by atoms with E-state index in [9.17, 15) is 0 Å². The number of thiocarbonyl (C=S) groups is 1. The van der Waals surface area contributed by atoms with Gasteiger partial charge >= 0.3 is 0 Å². The van der Waals surface area contributed by atoms with Gasteiger partial charge in [0.2, 0.25) is 0 Å². The lowest BCUT2D eigenvalue weighted by atomic mass is 10.3. The standard InChI is InChI=1S/C21H18ClN2OPS2/c1-25-19-11-13-20(14-12-19)26(28)23(17-9-7-16(22)8-10-17)15-21(27)24(26)18-5-3-2-4-6-18/h2-14H,15H2,1H3. The van der Waals surface area contributed by atoms with E-state index in [4.69, 9.17) is 40.4 Å². The maximum absolute atomic E-state index is 6.43. The summed E-state index contributed by atoms with van der Waals surface area (Å²) in [6, 6.07) is 25.9. The zero-order valence-corrected chi connectivity index (χ0v) is 18.4. The lowest BCUT2D eigenvalue weighted by molar-refractivity contribution is 0.415. The van der Waals surface area contributed by atoms with Crippen molar-refractivity contribution in [3.05, 3.63) is 83.9 Å². The molecule has 0 radical (unpaired) electrons. The molecule has 3 nitrogen and oxygen atoms in total. The van der Waals surface area contributed by atoms with Crippen molar-refractivity contribution in [2.75, 3.05) is 23.0 Å². The highest BCUT2D eigenvalue weighted by Crippen LogP contribution is 2.60. The van der Waals surface area contributed by atoms with Crippen molar-refractivity contribution in [1.82, 2.24) is 0 Å². The van der Waals surface area contributed by atoms with Gasteiger partial charge in [0.1, 0.15) is 10.7 Å². The highest BCUT2D eigenvalue weighted by molar-refractivity contribution is 8.20. The molecule has 1 fully saturated rings. The van der Waals surface area contributed by atoms with Crippen LogP contribution in [0.15, 0.2) is 78.9 Å². The third-order valence-corrected chi connectivity index (χ3v) is 10.1. The fourth-order valence-electron chi connectivity index (χ4n) is 3.31. The molecule has 0 aliphatic carbocycles. The first-order chi connectivity index (χ1) is 13.5. The van der Waals surface area contributed by atoms with Gasteiger partial charge in [-0.1, -0.05) is 42.0 Å². The Morgan fingerprint density at radius 1 is 0.893 bits per heavy atom. The van der Waals surface area contributed by atoms with Gasteiger partial charge in [0.25, 0.3) is 0 Å². The normalized spacial score (nSPS) is 19.1. The second-order valence-electron chi connectivity index (χ2n) is 6.32. The minimum absolute atomic E-state index is 0.592. The summed E-state index contributed by atoms with van der Waals surface area (Å²) in [5.41, 5.74) is 2.03. The fourth-order valence-corrected chi connectivity index (χ4v) is 8.52. The molecular weight excluding hydrogens is 427 g/mol. The van der Waals surface area contributed by atoms with Gasteiger partial charge < -0.3 is 9.41 Å². The van der Waals surface area contributed by atoms with Crippen LogP contribution in [0.25, 0.3) is 0 Å². The molecule has 1 atom stereocenters. The van der Waals surface area contributed by atoms with E-state index in [2.05, 4.69) is 21.5 Å². The quantitative estimate of drug-likeness (QED) is 0.381. The predicted molar refractivity (Wildman–Crippen MR) is 127 cm³/mol.